The number of carbonyl (C=O) groups is 1. The minimum atomic E-state index is -3.62. The number of nitrogen functional groups attached to an aromatic ring is 1. The maximum absolute atomic E-state index is 12.1. The molecule has 0 spiro atoms. The Morgan fingerprint density at radius 3 is 2.62 bits per heavy atom. The van der Waals surface area contributed by atoms with Gasteiger partial charge in [0.25, 0.3) is 15.9 Å². The van der Waals surface area contributed by atoms with Gasteiger partial charge in [0.1, 0.15) is 5.82 Å². The zero-order chi connectivity index (χ0) is 15.4. The van der Waals surface area contributed by atoms with Crippen molar-refractivity contribution in [2.24, 2.45) is 0 Å². The molecule has 1 aromatic carbocycles. The van der Waals surface area contributed by atoms with Gasteiger partial charge in [-0.15, -0.1) is 0 Å². The molecular weight excluding hydrogens is 290 g/mol. The summed E-state index contributed by atoms with van der Waals surface area (Å²) in [7, 11) is -3.62. The number of sulfonamides is 1. The number of hydrogen-bond acceptors (Lipinski definition) is 5. The molecule has 0 saturated carbocycles. The highest BCUT2D eigenvalue weighted by Gasteiger charge is 2.60. The molecule has 1 aromatic heterocycles. The second-order valence-corrected chi connectivity index (χ2v) is 7.96. The SMILES string of the molecule is CC1(C)C(=O)N(Cc2cc3ccccc3nc2N)S1(=O)=O. The molecule has 0 atom stereocenters. The molecule has 3 rings (SSSR count). The summed E-state index contributed by atoms with van der Waals surface area (Å²) in [5.41, 5.74) is 7.13. The average Bonchev–Trinajstić information content (AvgIpc) is 2.43. The van der Waals surface area contributed by atoms with Crippen LogP contribution < -0.4 is 5.73 Å². The number of carbonyl (C=O) groups excluding carboxylic acids is 1. The first-order valence-corrected chi connectivity index (χ1v) is 7.90. The number of anilines is 1. The number of rotatable bonds is 2. The van der Waals surface area contributed by atoms with Gasteiger partial charge in [-0.05, 0) is 26.0 Å². The zero-order valence-electron chi connectivity index (χ0n) is 11.7. The first-order chi connectivity index (χ1) is 9.75. The van der Waals surface area contributed by atoms with Crippen LogP contribution >= 0.6 is 0 Å². The number of fused-ring (bicyclic) bond motifs is 1. The lowest BCUT2D eigenvalue weighted by Crippen LogP contribution is -2.66. The van der Waals surface area contributed by atoms with Gasteiger partial charge in [-0.2, -0.15) is 0 Å². The lowest BCUT2D eigenvalue weighted by molar-refractivity contribution is -0.132. The molecule has 7 heteroatoms. The van der Waals surface area contributed by atoms with E-state index in [4.69, 9.17) is 5.73 Å². The minimum absolute atomic E-state index is 0.0751. The van der Waals surface area contributed by atoms with Gasteiger partial charge in [0.15, 0.2) is 4.75 Å². The van der Waals surface area contributed by atoms with Crippen LogP contribution in [0.5, 0.6) is 0 Å². The Balaban J connectivity index is 2.00. The number of nitrogens with zero attached hydrogens (tertiary/aromatic N) is 2. The summed E-state index contributed by atoms with van der Waals surface area (Å²) in [4.78, 5) is 16.2. The van der Waals surface area contributed by atoms with Crippen LogP contribution in [0.3, 0.4) is 0 Å². The van der Waals surface area contributed by atoms with Crippen LogP contribution in [-0.2, 0) is 21.4 Å². The van der Waals surface area contributed by atoms with Gasteiger partial charge in [0, 0.05) is 10.9 Å². The molecule has 2 aromatic rings. The van der Waals surface area contributed by atoms with E-state index in [1.54, 1.807) is 6.07 Å². The zero-order valence-corrected chi connectivity index (χ0v) is 12.5. The summed E-state index contributed by atoms with van der Waals surface area (Å²) in [6.07, 6.45) is 0. The highest BCUT2D eigenvalue weighted by atomic mass is 32.2. The lowest BCUT2D eigenvalue weighted by atomic mass is 10.1. The Labute approximate surface area is 122 Å². The molecule has 0 radical (unpaired) electrons. The maximum atomic E-state index is 12.1. The van der Waals surface area contributed by atoms with Crippen LogP contribution in [-0.4, -0.2) is 28.4 Å². The first-order valence-electron chi connectivity index (χ1n) is 6.46. The van der Waals surface area contributed by atoms with Crippen molar-refractivity contribution in [1.82, 2.24) is 9.29 Å². The topological polar surface area (TPSA) is 93.4 Å². The maximum Gasteiger partial charge on any atom is 0.259 e. The molecule has 1 aliphatic heterocycles. The van der Waals surface area contributed by atoms with Crippen molar-refractivity contribution in [3.05, 3.63) is 35.9 Å². The van der Waals surface area contributed by atoms with Crippen molar-refractivity contribution in [3.8, 4) is 0 Å². The van der Waals surface area contributed by atoms with E-state index in [2.05, 4.69) is 4.98 Å². The summed E-state index contributed by atoms with van der Waals surface area (Å²) in [6, 6.07) is 9.16. The molecule has 21 heavy (non-hydrogen) atoms. The fourth-order valence-corrected chi connectivity index (χ4v) is 3.87. The van der Waals surface area contributed by atoms with Gasteiger partial charge in [0.05, 0.1) is 12.1 Å². The van der Waals surface area contributed by atoms with Crippen LogP contribution in [0.25, 0.3) is 10.9 Å². The lowest BCUT2D eigenvalue weighted by Gasteiger charge is -2.43. The van der Waals surface area contributed by atoms with Crippen LogP contribution in [0.1, 0.15) is 19.4 Å². The standard InChI is InChI=1S/C14H15N3O3S/c1-14(2)13(18)17(21(14,19)20)8-10-7-9-5-3-4-6-11(9)16-12(10)15/h3-7H,8H2,1-2H3,(H2,15,16). The van der Waals surface area contributed by atoms with E-state index in [9.17, 15) is 13.2 Å². The Morgan fingerprint density at radius 1 is 1.29 bits per heavy atom. The summed E-state index contributed by atoms with van der Waals surface area (Å²) in [5.74, 6) is -0.184. The van der Waals surface area contributed by atoms with Gasteiger partial charge in [-0.25, -0.2) is 17.7 Å². The molecule has 2 heterocycles. The number of pyridine rings is 1. The molecular formula is C14H15N3O3S. The van der Waals surface area contributed by atoms with E-state index in [1.165, 1.54) is 13.8 Å². The third-order valence-electron chi connectivity index (χ3n) is 3.83. The average molecular weight is 305 g/mol. The molecule has 0 bridgehead atoms. The second kappa shape index (κ2) is 4.17. The number of aromatic nitrogens is 1. The van der Waals surface area contributed by atoms with Crippen molar-refractivity contribution >= 4 is 32.7 Å². The van der Waals surface area contributed by atoms with Crippen LogP contribution in [0, 0.1) is 0 Å². The molecule has 110 valence electrons. The van der Waals surface area contributed by atoms with Gasteiger partial charge in [-0.1, -0.05) is 18.2 Å². The molecule has 1 amide bonds. The number of para-hydroxylation sites is 1. The van der Waals surface area contributed by atoms with Crippen molar-refractivity contribution in [1.29, 1.82) is 0 Å². The van der Waals surface area contributed by atoms with Gasteiger partial charge in [0.2, 0.25) is 0 Å². The molecule has 0 unspecified atom stereocenters. The van der Waals surface area contributed by atoms with Crippen LogP contribution in [0.4, 0.5) is 5.82 Å². The molecule has 1 fully saturated rings. The summed E-state index contributed by atoms with van der Waals surface area (Å²) < 4.78 is 23.7. The van der Waals surface area contributed by atoms with E-state index < -0.39 is 20.7 Å². The summed E-state index contributed by atoms with van der Waals surface area (Å²) >= 11 is 0. The smallest absolute Gasteiger partial charge is 0.259 e. The van der Waals surface area contributed by atoms with Crippen molar-refractivity contribution < 1.29 is 13.2 Å². The Bertz CT molecular complexity index is 859. The van der Waals surface area contributed by atoms with E-state index >= 15 is 0 Å². The Hall–Kier alpha value is -2.15. The number of benzene rings is 1. The molecule has 1 saturated heterocycles. The summed E-state index contributed by atoms with van der Waals surface area (Å²) in [6.45, 7) is 2.74. The van der Waals surface area contributed by atoms with Crippen LogP contribution in [0.15, 0.2) is 30.3 Å². The highest BCUT2D eigenvalue weighted by Crippen LogP contribution is 2.36. The van der Waals surface area contributed by atoms with Gasteiger partial charge < -0.3 is 5.73 Å². The predicted molar refractivity (Wildman–Crippen MR) is 79.7 cm³/mol. The largest absolute Gasteiger partial charge is 0.383 e. The first kappa shape index (κ1) is 13.8. The number of hydrogen-bond donors (Lipinski definition) is 1. The Morgan fingerprint density at radius 2 is 1.95 bits per heavy atom. The normalized spacial score (nSPS) is 19.5. The van der Waals surface area contributed by atoms with E-state index in [1.807, 2.05) is 24.3 Å². The highest BCUT2D eigenvalue weighted by molar-refractivity contribution is 7.94. The Kier molecular flexibility index (Phi) is 2.75. The fraction of sp³-hybridized carbons (Fsp3) is 0.286. The van der Waals surface area contributed by atoms with Gasteiger partial charge in [-0.3, -0.25) is 4.79 Å². The third-order valence-corrected chi connectivity index (χ3v) is 6.17. The monoisotopic (exact) mass is 305 g/mol. The van der Waals surface area contributed by atoms with Gasteiger partial charge >= 0.3 is 0 Å². The number of nitrogens with two attached hydrogens (primary N) is 1. The predicted octanol–water partition coefficient (Wildman–Crippen LogP) is 1.27. The van der Waals surface area contributed by atoms with E-state index in [0.29, 0.717) is 5.56 Å². The minimum Gasteiger partial charge on any atom is -0.383 e. The van der Waals surface area contributed by atoms with Crippen LogP contribution in [0.2, 0.25) is 0 Å². The molecule has 6 nitrogen and oxygen atoms in total. The number of amides is 1. The van der Waals surface area contributed by atoms with E-state index in [-0.39, 0.29) is 12.4 Å². The second-order valence-electron chi connectivity index (χ2n) is 5.55. The fourth-order valence-electron chi connectivity index (χ4n) is 2.37. The van der Waals surface area contributed by atoms with Crippen molar-refractivity contribution in [3.63, 3.8) is 0 Å². The molecule has 1 aliphatic rings. The third kappa shape index (κ3) is 1.80. The summed E-state index contributed by atoms with van der Waals surface area (Å²) in [5, 5.41) is 0.853. The van der Waals surface area contributed by atoms with E-state index in [0.717, 1.165) is 15.2 Å². The molecule has 0 aliphatic carbocycles. The quantitative estimate of drug-likeness (QED) is 0.901. The molecule has 2 N–H and O–H groups in total. The van der Waals surface area contributed by atoms with Crippen molar-refractivity contribution in [2.45, 2.75) is 25.1 Å². The van der Waals surface area contributed by atoms with Crippen molar-refractivity contribution in [2.75, 3.05) is 5.73 Å².